The lowest BCUT2D eigenvalue weighted by molar-refractivity contribution is -0.122. The highest BCUT2D eigenvalue weighted by molar-refractivity contribution is 5.81. The molecule has 0 spiro atoms. The molecule has 0 saturated heterocycles. The molecule has 1 aromatic heterocycles. The van der Waals surface area contributed by atoms with Gasteiger partial charge in [-0.25, -0.2) is 9.97 Å². The fourth-order valence-electron chi connectivity index (χ4n) is 1.78. The van der Waals surface area contributed by atoms with Crippen molar-refractivity contribution in [2.45, 2.75) is 26.3 Å². The largest absolute Gasteiger partial charge is 0.484 e. The van der Waals surface area contributed by atoms with Gasteiger partial charge in [-0.05, 0) is 32.9 Å². The molecule has 5 N–H and O–H groups in total. The number of hydrazine groups is 1. The molecule has 128 valence electrons. The molecule has 0 bridgehead atoms. The van der Waals surface area contributed by atoms with E-state index >= 15 is 0 Å². The Morgan fingerprint density at radius 3 is 2.50 bits per heavy atom. The molecule has 0 fully saturated rings. The lowest BCUT2D eigenvalue weighted by atomic mass is 10.1. The zero-order valence-electron chi connectivity index (χ0n) is 14.0. The maximum absolute atomic E-state index is 11.8. The monoisotopic (exact) mass is 330 g/mol. The molecule has 8 heteroatoms. The Labute approximate surface area is 140 Å². The van der Waals surface area contributed by atoms with E-state index in [4.69, 9.17) is 10.5 Å². The van der Waals surface area contributed by atoms with Crippen LogP contribution in [0.25, 0.3) is 0 Å². The van der Waals surface area contributed by atoms with E-state index in [0.717, 1.165) is 0 Å². The Morgan fingerprint density at radius 1 is 1.17 bits per heavy atom. The maximum Gasteiger partial charge on any atom is 0.276 e. The van der Waals surface area contributed by atoms with E-state index in [1.54, 1.807) is 12.1 Å². The number of amides is 1. The zero-order valence-corrected chi connectivity index (χ0v) is 14.0. The molecule has 0 atom stereocenters. The van der Waals surface area contributed by atoms with Crippen LogP contribution in [0.5, 0.6) is 5.75 Å². The highest BCUT2D eigenvalue weighted by atomic mass is 16.5. The molecule has 1 heterocycles. The highest BCUT2D eigenvalue weighted by Gasteiger charge is 2.15. The van der Waals surface area contributed by atoms with Crippen LogP contribution < -0.4 is 26.6 Å². The fourth-order valence-corrected chi connectivity index (χ4v) is 1.78. The van der Waals surface area contributed by atoms with Crippen LogP contribution in [0.15, 0.2) is 36.7 Å². The number of ether oxygens (including phenoxy) is 1. The minimum atomic E-state index is -0.359. The zero-order chi connectivity index (χ0) is 17.6. The van der Waals surface area contributed by atoms with Gasteiger partial charge < -0.3 is 15.8 Å². The van der Waals surface area contributed by atoms with Crippen molar-refractivity contribution in [1.82, 2.24) is 15.4 Å². The summed E-state index contributed by atoms with van der Waals surface area (Å²) < 4.78 is 5.35. The number of aromatic nitrogens is 2. The van der Waals surface area contributed by atoms with Gasteiger partial charge in [0.15, 0.2) is 18.2 Å². The predicted molar refractivity (Wildman–Crippen MR) is 93.5 cm³/mol. The molecule has 24 heavy (non-hydrogen) atoms. The van der Waals surface area contributed by atoms with E-state index in [1.807, 2.05) is 39.0 Å². The first kappa shape index (κ1) is 17.3. The fraction of sp³-hybridized carbons (Fsp3) is 0.312. The van der Waals surface area contributed by atoms with Crippen molar-refractivity contribution in [2.24, 2.45) is 0 Å². The van der Waals surface area contributed by atoms with Crippen molar-refractivity contribution < 1.29 is 9.53 Å². The highest BCUT2D eigenvalue weighted by Crippen LogP contribution is 2.24. The number of nitrogens with one attached hydrogen (secondary N) is 3. The molecule has 1 amide bonds. The van der Waals surface area contributed by atoms with E-state index < -0.39 is 0 Å². The molecule has 0 radical (unpaired) electrons. The van der Waals surface area contributed by atoms with Crippen molar-refractivity contribution in [1.29, 1.82) is 0 Å². The van der Waals surface area contributed by atoms with Crippen LogP contribution in [0.3, 0.4) is 0 Å². The van der Waals surface area contributed by atoms with Gasteiger partial charge in [-0.2, -0.15) is 0 Å². The molecule has 0 unspecified atom stereocenters. The lowest BCUT2D eigenvalue weighted by Gasteiger charge is -2.22. The van der Waals surface area contributed by atoms with Crippen molar-refractivity contribution in [3.05, 3.63) is 36.7 Å². The Morgan fingerprint density at radius 2 is 1.83 bits per heavy atom. The van der Waals surface area contributed by atoms with E-state index in [2.05, 4.69) is 26.1 Å². The van der Waals surface area contributed by atoms with Gasteiger partial charge >= 0.3 is 0 Å². The molecule has 1 aromatic carbocycles. The molecule has 8 nitrogen and oxygen atoms in total. The molecule has 0 saturated carbocycles. The number of para-hydroxylation sites is 1. The average Bonchev–Trinajstić information content (AvgIpc) is 2.53. The third kappa shape index (κ3) is 5.31. The van der Waals surface area contributed by atoms with Crippen LogP contribution in [-0.2, 0) is 4.79 Å². The van der Waals surface area contributed by atoms with Gasteiger partial charge in [-0.15, -0.1) is 0 Å². The second-order valence-electron chi connectivity index (χ2n) is 6.13. The second kappa shape index (κ2) is 7.49. The number of nitrogen functional groups attached to an aromatic ring is 1. The number of rotatable bonds is 6. The van der Waals surface area contributed by atoms with E-state index in [9.17, 15) is 4.79 Å². The van der Waals surface area contributed by atoms with E-state index in [1.165, 1.54) is 6.33 Å². The second-order valence-corrected chi connectivity index (χ2v) is 6.13. The molecule has 0 aliphatic rings. The van der Waals surface area contributed by atoms with Gasteiger partial charge in [0.25, 0.3) is 5.91 Å². The van der Waals surface area contributed by atoms with Gasteiger partial charge in [-0.3, -0.25) is 15.6 Å². The minimum Gasteiger partial charge on any atom is -0.484 e. The summed E-state index contributed by atoms with van der Waals surface area (Å²) in [4.78, 5) is 19.9. The van der Waals surface area contributed by atoms with Gasteiger partial charge in [0.1, 0.15) is 17.8 Å². The van der Waals surface area contributed by atoms with Gasteiger partial charge in [0, 0.05) is 5.54 Å². The third-order valence-electron chi connectivity index (χ3n) is 2.81. The molecular formula is C16H22N6O2. The van der Waals surface area contributed by atoms with Crippen molar-refractivity contribution in [3.8, 4) is 5.75 Å². The average molecular weight is 330 g/mol. The summed E-state index contributed by atoms with van der Waals surface area (Å²) in [6.45, 7) is 5.84. The Bertz CT molecular complexity index is 685. The summed E-state index contributed by atoms with van der Waals surface area (Å²) in [6.07, 6.45) is 1.36. The van der Waals surface area contributed by atoms with Crippen LogP contribution in [0.4, 0.5) is 17.3 Å². The van der Waals surface area contributed by atoms with Crippen molar-refractivity contribution in [3.63, 3.8) is 0 Å². The third-order valence-corrected chi connectivity index (χ3v) is 2.81. The standard InChI is InChI=1S/C16H22N6O2/c1-16(2,3)20-14-13(17)15(19-10-18-14)22-21-12(23)9-24-11-7-5-4-6-8-11/h4-8,10H,9,17H2,1-3H3,(H,21,23)(H2,18,19,20,22). The van der Waals surface area contributed by atoms with E-state index in [0.29, 0.717) is 23.1 Å². The van der Waals surface area contributed by atoms with E-state index in [-0.39, 0.29) is 18.1 Å². The lowest BCUT2D eigenvalue weighted by Crippen LogP contribution is -2.34. The number of nitrogens with two attached hydrogens (primary N) is 1. The van der Waals surface area contributed by atoms with Crippen LogP contribution in [-0.4, -0.2) is 28.0 Å². The number of carbonyl (C=O) groups excluding carboxylic acids is 1. The predicted octanol–water partition coefficient (Wildman–Crippen LogP) is 1.79. The maximum atomic E-state index is 11.8. The molecule has 2 rings (SSSR count). The summed E-state index contributed by atoms with van der Waals surface area (Å²) in [6, 6.07) is 9.07. The topological polar surface area (TPSA) is 114 Å². The Kier molecular flexibility index (Phi) is 5.41. The smallest absolute Gasteiger partial charge is 0.276 e. The van der Waals surface area contributed by atoms with Gasteiger partial charge in [-0.1, -0.05) is 18.2 Å². The van der Waals surface area contributed by atoms with Crippen LogP contribution in [0, 0.1) is 0 Å². The minimum absolute atomic E-state index is 0.130. The summed E-state index contributed by atoms with van der Waals surface area (Å²) in [5.74, 6) is 1.06. The normalized spacial score (nSPS) is 10.8. The summed E-state index contributed by atoms with van der Waals surface area (Å²) >= 11 is 0. The first-order chi connectivity index (χ1) is 11.3. The van der Waals surface area contributed by atoms with Crippen LogP contribution in [0.2, 0.25) is 0 Å². The van der Waals surface area contributed by atoms with Crippen LogP contribution in [0.1, 0.15) is 20.8 Å². The first-order valence-corrected chi connectivity index (χ1v) is 7.46. The summed E-state index contributed by atoms with van der Waals surface area (Å²) in [5.41, 5.74) is 11.3. The number of nitrogens with zero attached hydrogens (tertiary/aromatic N) is 2. The SMILES string of the molecule is CC(C)(C)Nc1ncnc(NNC(=O)COc2ccccc2)c1N. The van der Waals surface area contributed by atoms with Crippen molar-refractivity contribution >= 4 is 23.2 Å². The number of anilines is 3. The molecule has 2 aromatic rings. The Balaban J connectivity index is 1.89. The number of hydrogen-bond acceptors (Lipinski definition) is 7. The molecular weight excluding hydrogens is 308 g/mol. The first-order valence-electron chi connectivity index (χ1n) is 7.46. The molecule has 0 aliphatic carbocycles. The summed E-state index contributed by atoms with van der Waals surface area (Å²) in [5, 5.41) is 3.17. The summed E-state index contributed by atoms with van der Waals surface area (Å²) in [7, 11) is 0. The number of hydrogen-bond donors (Lipinski definition) is 4. The Hall–Kier alpha value is -3.03. The van der Waals surface area contributed by atoms with Gasteiger partial charge in [0.2, 0.25) is 0 Å². The number of benzene rings is 1. The van der Waals surface area contributed by atoms with Crippen molar-refractivity contribution in [2.75, 3.05) is 23.1 Å². The van der Waals surface area contributed by atoms with Gasteiger partial charge in [0.05, 0.1) is 0 Å². The molecule has 0 aliphatic heterocycles. The number of carbonyl (C=O) groups is 1. The van der Waals surface area contributed by atoms with Crippen LogP contribution >= 0.6 is 0 Å². The quantitative estimate of drug-likeness (QED) is 0.597.